The van der Waals surface area contributed by atoms with Crippen LogP contribution in [-0.2, 0) is 6.42 Å². The van der Waals surface area contributed by atoms with Crippen molar-refractivity contribution in [2.45, 2.75) is 25.7 Å². The minimum absolute atomic E-state index is 0.764. The number of aryl methyl sites for hydroxylation is 1. The predicted molar refractivity (Wildman–Crippen MR) is 71.3 cm³/mol. The molecule has 2 aliphatic rings. The Hall–Kier alpha value is -1.22. The average Bonchev–Trinajstić information content (AvgIpc) is 2.80. The van der Waals surface area contributed by atoms with Crippen LogP contribution in [0, 0.1) is 5.92 Å². The zero-order valence-electron chi connectivity index (χ0n) is 10.8. The molecule has 0 radical (unpaired) electrons. The van der Waals surface area contributed by atoms with Gasteiger partial charge in [-0.05, 0) is 56.0 Å². The summed E-state index contributed by atoms with van der Waals surface area (Å²) in [5, 5.41) is 3.42. The van der Waals surface area contributed by atoms with Crippen LogP contribution in [0.5, 0.6) is 11.5 Å². The van der Waals surface area contributed by atoms with Crippen molar-refractivity contribution < 1.29 is 9.47 Å². The third kappa shape index (κ3) is 2.78. The van der Waals surface area contributed by atoms with Gasteiger partial charge in [-0.25, -0.2) is 0 Å². The summed E-state index contributed by atoms with van der Waals surface area (Å²) in [4.78, 5) is 0. The molecule has 1 unspecified atom stereocenters. The van der Waals surface area contributed by atoms with Crippen molar-refractivity contribution in [2.75, 3.05) is 26.3 Å². The number of ether oxygens (including phenoxy) is 2. The van der Waals surface area contributed by atoms with Crippen LogP contribution in [0.25, 0.3) is 0 Å². The first kappa shape index (κ1) is 11.8. The molecule has 3 nitrogen and oxygen atoms in total. The van der Waals surface area contributed by atoms with Crippen LogP contribution in [0.2, 0.25) is 0 Å². The number of hydrogen-bond donors (Lipinski definition) is 1. The highest BCUT2D eigenvalue weighted by Crippen LogP contribution is 2.31. The first-order valence-corrected chi connectivity index (χ1v) is 7.01. The molecule has 1 N–H and O–H groups in total. The van der Waals surface area contributed by atoms with Gasteiger partial charge in [-0.15, -0.1) is 0 Å². The third-order valence-electron chi connectivity index (χ3n) is 3.82. The second-order valence-corrected chi connectivity index (χ2v) is 5.23. The Morgan fingerprint density at radius 1 is 1.17 bits per heavy atom. The zero-order chi connectivity index (χ0) is 12.2. The minimum atomic E-state index is 0.764. The molecule has 2 heterocycles. The molecule has 1 aromatic rings. The SMILES string of the molecule is c1cc2c(cc1CCC1CCNC1)OCCCO2. The monoisotopic (exact) mass is 247 g/mol. The van der Waals surface area contributed by atoms with E-state index in [1.165, 1.54) is 31.5 Å². The summed E-state index contributed by atoms with van der Waals surface area (Å²) in [6, 6.07) is 6.39. The van der Waals surface area contributed by atoms with Crippen LogP contribution in [0.1, 0.15) is 24.8 Å². The first-order valence-electron chi connectivity index (χ1n) is 7.01. The molecule has 98 valence electrons. The molecule has 0 saturated carbocycles. The van der Waals surface area contributed by atoms with E-state index in [2.05, 4.69) is 23.5 Å². The van der Waals surface area contributed by atoms with Crippen molar-refractivity contribution >= 4 is 0 Å². The van der Waals surface area contributed by atoms with Gasteiger partial charge in [0.1, 0.15) is 0 Å². The summed E-state index contributed by atoms with van der Waals surface area (Å²) in [7, 11) is 0. The highest BCUT2D eigenvalue weighted by Gasteiger charge is 2.15. The van der Waals surface area contributed by atoms with E-state index >= 15 is 0 Å². The lowest BCUT2D eigenvalue weighted by Gasteiger charge is -2.11. The number of nitrogens with one attached hydrogen (secondary N) is 1. The lowest BCUT2D eigenvalue weighted by molar-refractivity contribution is 0.297. The predicted octanol–water partition coefficient (Wildman–Crippen LogP) is 2.39. The van der Waals surface area contributed by atoms with Crippen molar-refractivity contribution in [1.82, 2.24) is 5.32 Å². The van der Waals surface area contributed by atoms with Crippen molar-refractivity contribution in [2.24, 2.45) is 5.92 Å². The van der Waals surface area contributed by atoms with Gasteiger partial charge < -0.3 is 14.8 Å². The summed E-state index contributed by atoms with van der Waals surface area (Å²) in [5.74, 6) is 2.68. The Morgan fingerprint density at radius 3 is 2.89 bits per heavy atom. The van der Waals surface area contributed by atoms with E-state index in [-0.39, 0.29) is 0 Å². The lowest BCUT2D eigenvalue weighted by Crippen LogP contribution is -2.09. The molecule has 1 aromatic carbocycles. The van der Waals surface area contributed by atoms with Crippen molar-refractivity contribution in [1.29, 1.82) is 0 Å². The molecule has 0 amide bonds. The van der Waals surface area contributed by atoms with Gasteiger partial charge in [-0.2, -0.15) is 0 Å². The lowest BCUT2D eigenvalue weighted by atomic mass is 9.99. The molecule has 1 atom stereocenters. The van der Waals surface area contributed by atoms with Gasteiger partial charge in [-0.1, -0.05) is 6.07 Å². The van der Waals surface area contributed by atoms with Gasteiger partial charge in [0.25, 0.3) is 0 Å². The van der Waals surface area contributed by atoms with Gasteiger partial charge in [0.15, 0.2) is 11.5 Å². The summed E-state index contributed by atoms with van der Waals surface area (Å²) < 4.78 is 11.4. The summed E-state index contributed by atoms with van der Waals surface area (Å²) >= 11 is 0. The topological polar surface area (TPSA) is 30.5 Å². The second-order valence-electron chi connectivity index (χ2n) is 5.23. The van der Waals surface area contributed by atoms with E-state index < -0.39 is 0 Å². The molecular formula is C15H21NO2. The highest BCUT2D eigenvalue weighted by molar-refractivity contribution is 5.43. The maximum Gasteiger partial charge on any atom is 0.161 e. The molecule has 0 bridgehead atoms. The maximum absolute atomic E-state index is 5.72. The number of fused-ring (bicyclic) bond motifs is 1. The van der Waals surface area contributed by atoms with Gasteiger partial charge in [0.2, 0.25) is 0 Å². The van der Waals surface area contributed by atoms with Gasteiger partial charge in [0.05, 0.1) is 13.2 Å². The number of rotatable bonds is 3. The Labute approximate surface area is 108 Å². The largest absolute Gasteiger partial charge is 0.490 e. The summed E-state index contributed by atoms with van der Waals surface area (Å²) in [5.41, 5.74) is 1.37. The smallest absolute Gasteiger partial charge is 0.161 e. The van der Waals surface area contributed by atoms with E-state index in [1.54, 1.807) is 0 Å². The normalized spacial score (nSPS) is 22.8. The Kier molecular flexibility index (Phi) is 3.69. The molecular weight excluding hydrogens is 226 g/mol. The van der Waals surface area contributed by atoms with E-state index in [1.807, 2.05) is 0 Å². The standard InChI is InChI=1S/C15H21NO2/c1-8-17-14-5-4-12(10-15(14)18-9-1)2-3-13-6-7-16-11-13/h4-5,10,13,16H,1-3,6-9,11H2. The molecule has 1 saturated heterocycles. The molecule has 1 fully saturated rings. The molecule has 0 aromatic heterocycles. The highest BCUT2D eigenvalue weighted by atomic mass is 16.5. The molecule has 3 rings (SSSR count). The van der Waals surface area contributed by atoms with Crippen LogP contribution >= 0.6 is 0 Å². The van der Waals surface area contributed by atoms with Crippen LogP contribution in [0.4, 0.5) is 0 Å². The van der Waals surface area contributed by atoms with Crippen LogP contribution in [0.15, 0.2) is 18.2 Å². The minimum Gasteiger partial charge on any atom is -0.490 e. The van der Waals surface area contributed by atoms with E-state index in [9.17, 15) is 0 Å². The zero-order valence-corrected chi connectivity index (χ0v) is 10.8. The third-order valence-corrected chi connectivity index (χ3v) is 3.82. The van der Waals surface area contributed by atoms with E-state index in [0.29, 0.717) is 0 Å². The van der Waals surface area contributed by atoms with Crippen molar-refractivity contribution in [3.63, 3.8) is 0 Å². The molecule has 2 aliphatic heterocycles. The van der Waals surface area contributed by atoms with Gasteiger partial charge >= 0.3 is 0 Å². The number of benzene rings is 1. The van der Waals surface area contributed by atoms with Gasteiger partial charge in [-0.3, -0.25) is 0 Å². The Morgan fingerprint density at radius 2 is 2.06 bits per heavy atom. The fourth-order valence-corrected chi connectivity index (χ4v) is 2.69. The molecule has 18 heavy (non-hydrogen) atoms. The fourth-order valence-electron chi connectivity index (χ4n) is 2.69. The molecule has 0 aliphatic carbocycles. The first-order chi connectivity index (χ1) is 8.92. The number of hydrogen-bond acceptors (Lipinski definition) is 3. The van der Waals surface area contributed by atoms with Crippen LogP contribution in [-0.4, -0.2) is 26.3 Å². The fraction of sp³-hybridized carbons (Fsp3) is 0.600. The Balaban J connectivity index is 1.63. The Bertz CT molecular complexity index is 399. The molecule has 0 spiro atoms. The molecule has 3 heteroatoms. The second kappa shape index (κ2) is 5.61. The van der Waals surface area contributed by atoms with E-state index in [4.69, 9.17) is 9.47 Å². The van der Waals surface area contributed by atoms with Crippen molar-refractivity contribution in [3.05, 3.63) is 23.8 Å². The summed E-state index contributed by atoms with van der Waals surface area (Å²) in [6.45, 7) is 3.90. The maximum atomic E-state index is 5.72. The average molecular weight is 247 g/mol. The van der Waals surface area contributed by atoms with Crippen LogP contribution in [0.3, 0.4) is 0 Å². The van der Waals surface area contributed by atoms with E-state index in [0.717, 1.165) is 43.5 Å². The van der Waals surface area contributed by atoms with Crippen LogP contribution < -0.4 is 14.8 Å². The van der Waals surface area contributed by atoms with Gasteiger partial charge in [0, 0.05) is 6.42 Å². The quantitative estimate of drug-likeness (QED) is 0.889. The van der Waals surface area contributed by atoms with Crippen molar-refractivity contribution in [3.8, 4) is 11.5 Å². The summed E-state index contributed by atoms with van der Waals surface area (Å²) in [6.07, 6.45) is 4.71.